The third-order valence-corrected chi connectivity index (χ3v) is 2.57. The van der Waals surface area contributed by atoms with Crippen molar-refractivity contribution in [2.45, 2.75) is 32.7 Å². The monoisotopic (exact) mass is 183 g/mol. The number of carboxylic acids is 1. The van der Waals surface area contributed by atoms with Crippen LogP contribution in [0.25, 0.3) is 0 Å². The zero-order chi connectivity index (χ0) is 10.0. The Morgan fingerprint density at radius 3 is 2.69 bits per heavy atom. The maximum absolute atomic E-state index is 10.9. The molecule has 1 saturated heterocycles. The molecule has 0 radical (unpaired) electrons. The van der Waals surface area contributed by atoms with Crippen LogP contribution in [-0.2, 0) is 4.79 Å². The molecule has 0 amide bonds. The van der Waals surface area contributed by atoms with Crippen LogP contribution in [-0.4, -0.2) is 28.6 Å². The maximum atomic E-state index is 10.9. The second kappa shape index (κ2) is 3.81. The van der Waals surface area contributed by atoms with Crippen LogP contribution in [0.1, 0.15) is 26.7 Å². The highest BCUT2D eigenvalue weighted by Gasteiger charge is 2.31. The Morgan fingerprint density at radius 2 is 2.23 bits per heavy atom. The lowest BCUT2D eigenvalue weighted by molar-refractivity contribution is -0.141. The molecule has 0 spiro atoms. The molecule has 1 aliphatic heterocycles. The van der Waals surface area contributed by atoms with Crippen LogP contribution < -0.4 is 0 Å². The molecule has 1 unspecified atom stereocenters. The summed E-state index contributed by atoms with van der Waals surface area (Å²) in [6.45, 7) is 8.86. The van der Waals surface area contributed by atoms with E-state index in [0.717, 1.165) is 25.1 Å². The molecule has 0 aliphatic carbocycles. The highest BCUT2D eigenvalue weighted by atomic mass is 16.4. The molecule has 0 aromatic heterocycles. The molecule has 13 heavy (non-hydrogen) atoms. The fraction of sp³-hybridized carbons (Fsp3) is 0.700. The summed E-state index contributed by atoms with van der Waals surface area (Å²) in [5.41, 5.74) is 0.949. The highest BCUT2D eigenvalue weighted by Crippen LogP contribution is 2.25. The molecule has 3 heteroatoms. The van der Waals surface area contributed by atoms with Crippen LogP contribution >= 0.6 is 0 Å². The van der Waals surface area contributed by atoms with E-state index >= 15 is 0 Å². The van der Waals surface area contributed by atoms with Crippen molar-refractivity contribution in [3.8, 4) is 0 Å². The molecule has 1 rings (SSSR count). The summed E-state index contributed by atoms with van der Waals surface area (Å²) in [4.78, 5) is 12.8. The summed E-state index contributed by atoms with van der Waals surface area (Å²) in [6, 6.07) is -0.338. The van der Waals surface area contributed by atoms with Crippen LogP contribution in [0.4, 0.5) is 0 Å². The third kappa shape index (κ3) is 2.02. The van der Waals surface area contributed by atoms with Gasteiger partial charge in [-0.05, 0) is 18.8 Å². The van der Waals surface area contributed by atoms with Gasteiger partial charge >= 0.3 is 5.97 Å². The fourth-order valence-corrected chi connectivity index (χ4v) is 1.70. The Hall–Kier alpha value is -0.990. The van der Waals surface area contributed by atoms with E-state index in [1.165, 1.54) is 0 Å². The minimum Gasteiger partial charge on any atom is -0.480 e. The van der Waals surface area contributed by atoms with Gasteiger partial charge in [0.15, 0.2) is 0 Å². The van der Waals surface area contributed by atoms with E-state index < -0.39 is 5.97 Å². The van der Waals surface area contributed by atoms with Crippen LogP contribution in [0.2, 0.25) is 0 Å². The van der Waals surface area contributed by atoms with Gasteiger partial charge in [-0.3, -0.25) is 0 Å². The predicted molar refractivity (Wildman–Crippen MR) is 51.3 cm³/mol. The van der Waals surface area contributed by atoms with Crippen LogP contribution in [0.5, 0.6) is 0 Å². The van der Waals surface area contributed by atoms with E-state index in [9.17, 15) is 4.79 Å². The van der Waals surface area contributed by atoms with Gasteiger partial charge < -0.3 is 10.0 Å². The number of hydrogen-bond donors (Lipinski definition) is 1. The molecule has 0 aromatic rings. The molecule has 3 nitrogen and oxygen atoms in total. The van der Waals surface area contributed by atoms with Crippen LogP contribution in [0, 0.1) is 5.92 Å². The average molecular weight is 183 g/mol. The molecule has 1 atom stereocenters. The van der Waals surface area contributed by atoms with E-state index in [2.05, 4.69) is 6.58 Å². The van der Waals surface area contributed by atoms with Crippen molar-refractivity contribution < 1.29 is 9.90 Å². The summed E-state index contributed by atoms with van der Waals surface area (Å²) >= 11 is 0. The van der Waals surface area contributed by atoms with Gasteiger partial charge in [0, 0.05) is 12.2 Å². The molecule has 0 bridgehead atoms. The van der Waals surface area contributed by atoms with Crippen molar-refractivity contribution in [3.05, 3.63) is 12.3 Å². The number of aliphatic carboxylic acids is 1. The first-order valence-corrected chi connectivity index (χ1v) is 4.72. The van der Waals surface area contributed by atoms with Gasteiger partial charge in [0.2, 0.25) is 0 Å². The van der Waals surface area contributed by atoms with Gasteiger partial charge in [0.25, 0.3) is 0 Å². The summed E-state index contributed by atoms with van der Waals surface area (Å²) in [6.07, 6.45) is 1.71. The van der Waals surface area contributed by atoms with Gasteiger partial charge in [-0.25, -0.2) is 4.79 Å². The highest BCUT2D eigenvalue weighted by molar-refractivity contribution is 5.74. The Kier molecular flexibility index (Phi) is 2.96. The molecule has 1 N–H and O–H groups in total. The Morgan fingerprint density at radius 1 is 1.62 bits per heavy atom. The number of carboxylic acid groups (broad SMARTS) is 1. The number of likely N-dealkylation sites (tertiary alicyclic amines) is 1. The van der Waals surface area contributed by atoms with Crippen molar-refractivity contribution in [2.75, 3.05) is 6.54 Å². The van der Waals surface area contributed by atoms with Crippen LogP contribution in [0.15, 0.2) is 12.3 Å². The molecule has 1 heterocycles. The van der Waals surface area contributed by atoms with Gasteiger partial charge in [-0.1, -0.05) is 20.4 Å². The van der Waals surface area contributed by atoms with Crippen molar-refractivity contribution in [1.29, 1.82) is 0 Å². The molecule has 74 valence electrons. The summed E-state index contributed by atoms with van der Waals surface area (Å²) in [5, 5.41) is 8.93. The van der Waals surface area contributed by atoms with Gasteiger partial charge in [-0.2, -0.15) is 0 Å². The minimum absolute atomic E-state index is 0.333. The zero-order valence-corrected chi connectivity index (χ0v) is 8.29. The number of rotatable bonds is 3. The smallest absolute Gasteiger partial charge is 0.326 e. The summed E-state index contributed by atoms with van der Waals surface area (Å²) in [7, 11) is 0. The molecular weight excluding hydrogens is 166 g/mol. The standard InChI is InChI=1S/C10H17NO2/c1-7(2)8(3)11-6-4-5-9(11)10(12)13/h7,9H,3-6H2,1-2H3,(H,12,13). The lowest BCUT2D eigenvalue weighted by Crippen LogP contribution is -2.36. The van der Waals surface area contributed by atoms with Crippen LogP contribution in [0.3, 0.4) is 0 Å². The Balaban J connectivity index is 2.68. The quantitative estimate of drug-likeness (QED) is 0.724. The Labute approximate surface area is 79.0 Å². The number of hydrogen-bond acceptors (Lipinski definition) is 2. The fourth-order valence-electron chi connectivity index (χ4n) is 1.70. The Bertz CT molecular complexity index is 223. The first kappa shape index (κ1) is 10.1. The molecule has 0 saturated carbocycles. The number of carbonyl (C=O) groups is 1. The second-order valence-corrected chi connectivity index (χ2v) is 3.84. The van der Waals surface area contributed by atoms with E-state index in [-0.39, 0.29) is 6.04 Å². The third-order valence-electron chi connectivity index (χ3n) is 2.57. The van der Waals surface area contributed by atoms with Crippen molar-refractivity contribution in [3.63, 3.8) is 0 Å². The topological polar surface area (TPSA) is 40.5 Å². The lowest BCUT2D eigenvalue weighted by Gasteiger charge is -2.27. The van der Waals surface area contributed by atoms with Gasteiger partial charge in [0.1, 0.15) is 6.04 Å². The zero-order valence-electron chi connectivity index (χ0n) is 8.29. The number of allylic oxidation sites excluding steroid dienone is 1. The van der Waals surface area contributed by atoms with Crippen molar-refractivity contribution in [2.24, 2.45) is 5.92 Å². The summed E-state index contributed by atoms with van der Waals surface area (Å²) in [5.74, 6) is -0.390. The van der Waals surface area contributed by atoms with Crippen molar-refractivity contribution in [1.82, 2.24) is 4.90 Å². The predicted octanol–water partition coefficient (Wildman–Crippen LogP) is 1.71. The lowest BCUT2D eigenvalue weighted by atomic mass is 10.1. The first-order chi connectivity index (χ1) is 6.04. The first-order valence-electron chi connectivity index (χ1n) is 4.72. The van der Waals surface area contributed by atoms with Crippen molar-refractivity contribution >= 4 is 5.97 Å². The molecule has 1 aliphatic rings. The normalized spacial score (nSPS) is 22.4. The SMILES string of the molecule is C=C(C(C)C)N1CCCC1C(=O)O. The van der Waals surface area contributed by atoms with E-state index in [4.69, 9.17) is 5.11 Å². The minimum atomic E-state index is -0.723. The number of nitrogens with zero attached hydrogens (tertiary/aromatic N) is 1. The molecule has 1 fully saturated rings. The van der Waals surface area contributed by atoms with Gasteiger partial charge in [0.05, 0.1) is 0 Å². The average Bonchev–Trinajstić information content (AvgIpc) is 2.50. The largest absolute Gasteiger partial charge is 0.480 e. The van der Waals surface area contributed by atoms with E-state index in [1.54, 1.807) is 0 Å². The maximum Gasteiger partial charge on any atom is 0.326 e. The van der Waals surface area contributed by atoms with Gasteiger partial charge in [-0.15, -0.1) is 0 Å². The molecular formula is C10H17NO2. The molecule has 0 aromatic carbocycles. The second-order valence-electron chi connectivity index (χ2n) is 3.84. The summed E-state index contributed by atoms with van der Waals surface area (Å²) < 4.78 is 0. The van der Waals surface area contributed by atoms with E-state index in [1.807, 2.05) is 18.7 Å². The van der Waals surface area contributed by atoms with E-state index in [0.29, 0.717) is 5.92 Å².